The Morgan fingerprint density at radius 2 is 2.62 bits per heavy atom. The van der Waals surface area contributed by atoms with Crippen molar-refractivity contribution in [2.45, 2.75) is 6.92 Å². The summed E-state index contributed by atoms with van der Waals surface area (Å²) in [6, 6.07) is 0. The van der Waals surface area contributed by atoms with E-state index in [1.165, 1.54) is 0 Å². The van der Waals surface area contributed by atoms with Gasteiger partial charge in [0.2, 0.25) is 0 Å². The van der Waals surface area contributed by atoms with Gasteiger partial charge in [-0.3, -0.25) is 10.0 Å². The summed E-state index contributed by atoms with van der Waals surface area (Å²) in [7, 11) is 0. The van der Waals surface area contributed by atoms with Crippen LogP contribution in [0.4, 0.5) is 0 Å². The molecular formula is C5H9N3. The fraction of sp³-hybridized carbons (Fsp3) is 0.600. The van der Waals surface area contributed by atoms with Gasteiger partial charge in [0.15, 0.2) is 0 Å². The maximum absolute atomic E-state index is 4.10. The first kappa shape index (κ1) is 5.28. The predicted octanol–water partition coefficient (Wildman–Crippen LogP) is 0.336. The van der Waals surface area contributed by atoms with E-state index in [0.29, 0.717) is 0 Å². The van der Waals surface area contributed by atoms with E-state index in [1.807, 2.05) is 6.92 Å². The standard InChI is InChI=1S/C5H9N3/c1-5-7-3-4-8(5)6-2/h2-4H2,1H3. The van der Waals surface area contributed by atoms with E-state index in [-0.39, 0.29) is 0 Å². The van der Waals surface area contributed by atoms with Crippen molar-refractivity contribution in [3.63, 3.8) is 0 Å². The van der Waals surface area contributed by atoms with Crippen LogP contribution in [0.3, 0.4) is 0 Å². The highest BCUT2D eigenvalue weighted by atomic mass is 15.5. The fourth-order valence-corrected chi connectivity index (χ4v) is 0.723. The molecule has 44 valence electrons. The maximum atomic E-state index is 4.10. The van der Waals surface area contributed by atoms with Crippen LogP contribution < -0.4 is 0 Å². The van der Waals surface area contributed by atoms with Crippen molar-refractivity contribution in [3.8, 4) is 0 Å². The second-order valence-electron chi connectivity index (χ2n) is 1.69. The summed E-state index contributed by atoms with van der Waals surface area (Å²) in [6.45, 7) is 7.08. The van der Waals surface area contributed by atoms with Crippen LogP contribution in [0.5, 0.6) is 0 Å². The molecule has 1 heterocycles. The second-order valence-corrected chi connectivity index (χ2v) is 1.69. The van der Waals surface area contributed by atoms with Crippen molar-refractivity contribution in [1.29, 1.82) is 0 Å². The summed E-state index contributed by atoms with van der Waals surface area (Å²) in [5.41, 5.74) is 0. The molecule has 1 rings (SSSR count). The highest BCUT2D eigenvalue weighted by Gasteiger charge is 2.08. The Kier molecular flexibility index (Phi) is 1.28. The van der Waals surface area contributed by atoms with Gasteiger partial charge >= 0.3 is 0 Å². The van der Waals surface area contributed by atoms with Crippen molar-refractivity contribution in [2.24, 2.45) is 10.1 Å². The molecule has 3 heteroatoms. The lowest BCUT2D eigenvalue weighted by Gasteiger charge is -2.07. The average molecular weight is 111 g/mol. The van der Waals surface area contributed by atoms with Crippen molar-refractivity contribution in [1.82, 2.24) is 5.01 Å². The van der Waals surface area contributed by atoms with E-state index in [9.17, 15) is 0 Å². The number of amidine groups is 1. The molecule has 3 nitrogen and oxygen atoms in total. The summed E-state index contributed by atoms with van der Waals surface area (Å²) in [5.74, 6) is 0.972. The molecule has 1 aliphatic rings. The summed E-state index contributed by atoms with van der Waals surface area (Å²) < 4.78 is 0. The van der Waals surface area contributed by atoms with Gasteiger partial charge in [-0.25, -0.2) is 0 Å². The van der Waals surface area contributed by atoms with Gasteiger partial charge in [0.1, 0.15) is 5.84 Å². The van der Waals surface area contributed by atoms with E-state index >= 15 is 0 Å². The smallest absolute Gasteiger partial charge is 0.116 e. The summed E-state index contributed by atoms with van der Waals surface area (Å²) in [4.78, 5) is 4.10. The molecule has 0 N–H and O–H groups in total. The molecule has 0 radical (unpaired) electrons. The van der Waals surface area contributed by atoms with Crippen LogP contribution in [0.2, 0.25) is 0 Å². The topological polar surface area (TPSA) is 28.0 Å². The monoisotopic (exact) mass is 111 g/mol. The summed E-state index contributed by atoms with van der Waals surface area (Å²) in [5, 5.41) is 5.51. The van der Waals surface area contributed by atoms with Gasteiger partial charge in [-0.15, -0.1) is 0 Å². The third kappa shape index (κ3) is 0.710. The van der Waals surface area contributed by atoms with Gasteiger partial charge in [-0.1, -0.05) is 0 Å². The molecule has 0 unspecified atom stereocenters. The number of aliphatic imine (C=N–C) groups is 1. The zero-order chi connectivity index (χ0) is 5.98. The minimum atomic E-state index is 0.866. The number of rotatable bonds is 1. The average Bonchev–Trinajstić information content (AvgIpc) is 2.14. The molecule has 0 saturated heterocycles. The van der Waals surface area contributed by atoms with Crippen LogP contribution in [0, 0.1) is 0 Å². The van der Waals surface area contributed by atoms with Crippen LogP contribution in [0.25, 0.3) is 0 Å². The number of hydrogen-bond donors (Lipinski definition) is 0. The first-order valence-electron chi connectivity index (χ1n) is 2.60. The zero-order valence-corrected chi connectivity index (χ0v) is 4.96. The number of hydrogen-bond acceptors (Lipinski definition) is 3. The molecule has 0 aromatic heterocycles. The molecule has 0 aromatic rings. The Morgan fingerprint density at radius 1 is 1.88 bits per heavy atom. The number of nitrogens with zero attached hydrogens (tertiary/aromatic N) is 3. The van der Waals surface area contributed by atoms with Gasteiger partial charge in [0, 0.05) is 6.72 Å². The van der Waals surface area contributed by atoms with E-state index < -0.39 is 0 Å². The number of hydrazone groups is 1. The molecule has 0 fully saturated rings. The Hall–Kier alpha value is -0.860. The first-order chi connectivity index (χ1) is 3.84. The van der Waals surface area contributed by atoms with Crippen LogP contribution in [0.1, 0.15) is 6.92 Å². The third-order valence-electron chi connectivity index (χ3n) is 1.20. The minimum Gasteiger partial charge on any atom is -0.269 e. The highest BCUT2D eigenvalue weighted by Crippen LogP contribution is 1.98. The Balaban J connectivity index is 2.58. The zero-order valence-electron chi connectivity index (χ0n) is 4.96. The lowest BCUT2D eigenvalue weighted by molar-refractivity contribution is 0.491. The predicted molar refractivity (Wildman–Crippen MR) is 34.2 cm³/mol. The molecule has 0 spiro atoms. The minimum absolute atomic E-state index is 0.866. The van der Waals surface area contributed by atoms with E-state index in [4.69, 9.17) is 0 Å². The molecule has 0 saturated carbocycles. The molecule has 8 heavy (non-hydrogen) atoms. The van der Waals surface area contributed by atoms with E-state index in [1.54, 1.807) is 5.01 Å². The SMILES string of the molecule is C=NN1CCN=C1C. The third-order valence-corrected chi connectivity index (χ3v) is 1.20. The summed E-state index contributed by atoms with van der Waals surface area (Å²) >= 11 is 0. The van der Waals surface area contributed by atoms with Gasteiger partial charge < -0.3 is 0 Å². The lowest BCUT2D eigenvalue weighted by atomic mass is 10.6. The Labute approximate surface area is 48.7 Å². The molecule has 0 aliphatic carbocycles. The largest absolute Gasteiger partial charge is 0.269 e. The summed E-state index contributed by atoms with van der Waals surface area (Å²) in [6.07, 6.45) is 0. The first-order valence-corrected chi connectivity index (χ1v) is 2.60. The molecule has 0 atom stereocenters. The highest BCUT2D eigenvalue weighted by molar-refractivity contribution is 5.81. The van der Waals surface area contributed by atoms with Gasteiger partial charge in [0.05, 0.1) is 13.1 Å². The van der Waals surface area contributed by atoms with Crippen molar-refractivity contribution < 1.29 is 0 Å². The van der Waals surface area contributed by atoms with Crippen molar-refractivity contribution >= 4 is 12.6 Å². The fourth-order valence-electron chi connectivity index (χ4n) is 0.723. The molecular weight excluding hydrogens is 102 g/mol. The van der Waals surface area contributed by atoms with Crippen LogP contribution in [0.15, 0.2) is 10.1 Å². The van der Waals surface area contributed by atoms with E-state index in [2.05, 4.69) is 16.8 Å². The second kappa shape index (κ2) is 1.94. The quantitative estimate of drug-likeness (QED) is 0.448. The van der Waals surface area contributed by atoms with Gasteiger partial charge in [-0.05, 0) is 6.92 Å². The van der Waals surface area contributed by atoms with E-state index in [0.717, 1.165) is 18.9 Å². The van der Waals surface area contributed by atoms with Crippen molar-refractivity contribution in [2.75, 3.05) is 13.1 Å². The van der Waals surface area contributed by atoms with Crippen molar-refractivity contribution in [3.05, 3.63) is 0 Å². The van der Waals surface area contributed by atoms with Gasteiger partial charge in [-0.2, -0.15) is 5.10 Å². The maximum Gasteiger partial charge on any atom is 0.116 e. The Morgan fingerprint density at radius 3 is 2.88 bits per heavy atom. The molecule has 1 aliphatic heterocycles. The van der Waals surface area contributed by atoms with Crippen LogP contribution in [-0.4, -0.2) is 30.7 Å². The lowest BCUT2D eigenvalue weighted by Crippen LogP contribution is -2.17. The van der Waals surface area contributed by atoms with Crippen LogP contribution >= 0.6 is 0 Å². The molecule has 0 bridgehead atoms. The molecule has 0 amide bonds. The Bertz CT molecular complexity index is 128. The van der Waals surface area contributed by atoms with Gasteiger partial charge in [0.25, 0.3) is 0 Å². The van der Waals surface area contributed by atoms with Crippen LogP contribution in [-0.2, 0) is 0 Å². The normalized spacial score (nSPS) is 18.6. The molecule has 0 aromatic carbocycles.